The second-order valence-corrected chi connectivity index (χ2v) is 6.80. The number of aromatic amines is 1. The fraction of sp³-hybridized carbons (Fsp3) is 0.0952. The molecule has 1 heterocycles. The molecule has 4 aromatic rings. The number of benzene rings is 3. The fourth-order valence-corrected chi connectivity index (χ4v) is 3.89. The van der Waals surface area contributed by atoms with Gasteiger partial charge in [0.15, 0.2) is 5.16 Å². The quantitative estimate of drug-likeness (QED) is 0.477. The third-order valence-electron chi connectivity index (χ3n) is 4.27. The summed E-state index contributed by atoms with van der Waals surface area (Å²) < 4.78 is 0. The van der Waals surface area contributed by atoms with Gasteiger partial charge < -0.3 is 4.98 Å². The molecule has 0 unspecified atom stereocenters. The lowest BCUT2D eigenvalue weighted by Gasteiger charge is -2.09. The van der Waals surface area contributed by atoms with Crippen LogP contribution in [0, 0.1) is 6.92 Å². The van der Waals surface area contributed by atoms with Crippen molar-refractivity contribution in [3.05, 3.63) is 84.1 Å². The minimum absolute atomic E-state index is 0.912. The summed E-state index contributed by atoms with van der Waals surface area (Å²) in [6.45, 7) is 2.18. The number of fused-ring (bicyclic) bond motifs is 1. The molecule has 3 aromatic carbocycles. The highest BCUT2D eigenvalue weighted by Gasteiger charge is 2.08. The summed E-state index contributed by atoms with van der Waals surface area (Å²) in [6, 6.07) is 23.3. The van der Waals surface area contributed by atoms with E-state index in [1.54, 1.807) is 11.8 Å². The second-order valence-electron chi connectivity index (χ2n) is 5.84. The summed E-state index contributed by atoms with van der Waals surface area (Å²) in [5.74, 6) is 0.912. The van der Waals surface area contributed by atoms with Gasteiger partial charge in [0.05, 0.1) is 11.9 Å². The lowest BCUT2D eigenvalue weighted by atomic mass is 10.0. The highest BCUT2D eigenvalue weighted by molar-refractivity contribution is 7.98. The minimum Gasteiger partial charge on any atom is -0.333 e. The van der Waals surface area contributed by atoms with Gasteiger partial charge in [0.25, 0.3) is 0 Å². The van der Waals surface area contributed by atoms with Crippen molar-refractivity contribution in [2.45, 2.75) is 17.8 Å². The number of hydrogen-bond donors (Lipinski definition) is 1. The number of rotatable bonds is 4. The van der Waals surface area contributed by atoms with Crippen molar-refractivity contribution < 1.29 is 0 Å². The summed E-state index contributed by atoms with van der Waals surface area (Å²) in [7, 11) is 0. The predicted molar refractivity (Wildman–Crippen MR) is 102 cm³/mol. The van der Waals surface area contributed by atoms with E-state index in [1.807, 2.05) is 24.4 Å². The molecule has 24 heavy (non-hydrogen) atoms. The maximum atomic E-state index is 4.52. The highest BCUT2D eigenvalue weighted by atomic mass is 32.2. The third kappa shape index (κ3) is 2.95. The zero-order valence-electron chi connectivity index (χ0n) is 13.5. The van der Waals surface area contributed by atoms with Crippen LogP contribution in [-0.4, -0.2) is 9.97 Å². The van der Waals surface area contributed by atoms with Crippen LogP contribution >= 0.6 is 11.8 Å². The van der Waals surface area contributed by atoms with Crippen LogP contribution in [0.4, 0.5) is 0 Å². The van der Waals surface area contributed by atoms with E-state index in [0.717, 1.165) is 22.2 Å². The molecule has 0 aliphatic carbocycles. The van der Waals surface area contributed by atoms with Crippen molar-refractivity contribution in [2.75, 3.05) is 0 Å². The summed E-state index contributed by atoms with van der Waals surface area (Å²) in [4.78, 5) is 7.94. The number of hydrogen-bond acceptors (Lipinski definition) is 2. The molecule has 4 rings (SSSR count). The Bertz CT molecular complexity index is 973. The molecule has 0 aliphatic rings. The largest absolute Gasteiger partial charge is 0.333 e. The molecule has 1 aromatic heterocycles. The Balaban J connectivity index is 1.58. The Kier molecular flexibility index (Phi) is 4.09. The standard InChI is InChI=1S/C21H18N2S/c1-15-11-12-16-7-5-6-10-18(16)19(15)14-24-21-22-13-20(23-21)17-8-3-2-4-9-17/h2-13H,14H2,1H3,(H,22,23). The van der Waals surface area contributed by atoms with E-state index in [4.69, 9.17) is 0 Å². The van der Waals surface area contributed by atoms with Crippen LogP contribution < -0.4 is 0 Å². The van der Waals surface area contributed by atoms with E-state index in [2.05, 4.69) is 65.4 Å². The molecule has 0 amide bonds. The monoisotopic (exact) mass is 330 g/mol. The molecule has 0 spiro atoms. The zero-order chi connectivity index (χ0) is 16.4. The fourth-order valence-electron chi connectivity index (χ4n) is 2.92. The third-order valence-corrected chi connectivity index (χ3v) is 5.18. The number of H-pyrrole nitrogens is 1. The predicted octanol–water partition coefficient (Wildman–Crippen LogP) is 5.83. The average Bonchev–Trinajstić information content (AvgIpc) is 3.11. The molecule has 118 valence electrons. The first-order chi connectivity index (χ1) is 11.8. The van der Waals surface area contributed by atoms with E-state index in [0.29, 0.717) is 0 Å². The number of nitrogens with one attached hydrogen (secondary N) is 1. The Morgan fingerprint density at radius 2 is 1.71 bits per heavy atom. The first kappa shape index (κ1) is 15.0. The van der Waals surface area contributed by atoms with Crippen LogP contribution in [0.5, 0.6) is 0 Å². The Hall–Kier alpha value is -2.52. The van der Waals surface area contributed by atoms with Gasteiger partial charge in [-0.05, 0) is 34.4 Å². The molecule has 0 radical (unpaired) electrons. The number of nitrogens with zero attached hydrogens (tertiary/aromatic N) is 1. The van der Waals surface area contributed by atoms with Crippen molar-refractivity contribution in [1.29, 1.82) is 0 Å². The molecule has 2 nitrogen and oxygen atoms in total. The minimum atomic E-state index is 0.912. The van der Waals surface area contributed by atoms with Crippen molar-refractivity contribution in [1.82, 2.24) is 9.97 Å². The average molecular weight is 330 g/mol. The first-order valence-corrected chi connectivity index (χ1v) is 9.00. The summed E-state index contributed by atoms with van der Waals surface area (Å²) in [6.07, 6.45) is 1.91. The van der Waals surface area contributed by atoms with Gasteiger partial charge in [0.1, 0.15) is 0 Å². The normalized spacial score (nSPS) is 11.0. The van der Waals surface area contributed by atoms with Gasteiger partial charge in [0.2, 0.25) is 0 Å². The van der Waals surface area contributed by atoms with E-state index in [1.165, 1.54) is 21.9 Å². The molecular weight excluding hydrogens is 312 g/mol. The van der Waals surface area contributed by atoms with Gasteiger partial charge in [-0.1, -0.05) is 78.5 Å². The smallest absolute Gasteiger partial charge is 0.166 e. The van der Waals surface area contributed by atoms with Crippen molar-refractivity contribution in [3.8, 4) is 11.3 Å². The van der Waals surface area contributed by atoms with Gasteiger partial charge in [-0.25, -0.2) is 4.98 Å². The molecule has 0 saturated carbocycles. The molecule has 1 N–H and O–H groups in total. The Morgan fingerprint density at radius 3 is 2.58 bits per heavy atom. The number of aromatic nitrogens is 2. The molecule has 0 saturated heterocycles. The van der Waals surface area contributed by atoms with Gasteiger partial charge in [-0.3, -0.25) is 0 Å². The number of aryl methyl sites for hydroxylation is 1. The van der Waals surface area contributed by atoms with E-state index in [9.17, 15) is 0 Å². The topological polar surface area (TPSA) is 28.7 Å². The second kappa shape index (κ2) is 6.54. The van der Waals surface area contributed by atoms with Crippen LogP contribution in [0.3, 0.4) is 0 Å². The van der Waals surface area contributed by atoms with Crippen LogP contribution in [0.25, 0.3) is 22.0 Å². The zero-order valence-corrected chi connectivity index (χ0v) is 14.3. The summed E-state index contributed by atoms with van der Waals surface area (Å²) in [5, 5.41) is 3.59. The molecule has 0 fully saturated rings. The lowest BCUT2D eigenvalue weighted by Crippen LogP contribution is -1.90. The lowest BCUT2D eigenvalue weighted by molar-refractivity contribution is 1.06. The first-order valence-electron chi connectivity index (χ1n) is 8.02. The van der Waals surface area contributed by atoms with Crippen molar-refractivity contribution in [3.63, 3.8) is 0 Å². The SMILES string of the molecule is Cc1ccc2ccccc2c1CSc1ncc(-c2ccccc2)[nH]1. The molecule has 0 bridgehead atoms. The Morgan fingerprint density at radius 1 is 0.917 bits per heavy atom. The van der Waals surface area contributed by atoms with Crippen LogP contribution in [0.1, 0.15) is 11.1 Å². The maximum Gasteiger partial charge on any atom is 0.166 e. The van der Waals surface area contributed by atoms with Gasteiger partial charge in [-0.2, -0.15) is 0 Å². The number of thioether (sulfide) groups is 1. The van der Waals surface area contributed by atoms with Crippen molar-refractivity contribution in [2.24, 2.45) is 0 Å². The summed E-state index contributed by atoms with van der Waals surface area (Å²) in [5.41, 5.74) is 4.94. The van der Waals surface area contributed by atoms with Crippen LogP contribution in [-0.2, 0) is 5.75 Å². The van der Waals surface area contributed by atoms with Crippen LogP contribution in [0.15, 0.2) is 78.1 Å². The molecule has 3 heteroatoms. The van der Waals surface area contributed by atoms with Gasteiger partial charge in [0, 0.05) is 5.75 Å². The molecule has 0 aliphatic heterocycles. The molecule has 0 atom stereocenters. The van der Waals surface area contributed by atoms with Crippen molar-refractivity contribution >= 4 is 22.5 Å². The summed E-state index contributed by atoms with van der Waals surface area (Å²) >= 11 is 1.75. The van der Waals surface area contributed by atoms with E-state index in [-0.39, 0.29) is 0 Å². The van der Waals surface area contributed by atoms with E-state index < -0.39 is 0 Å². The highest BCUT2D eigenvalue weighted by Crippen LogP contribution is 2.29. The number of imidazole rings is 1. The van der Waals surface area contributed by atoms with Gasteiger partial charge in [-0.15, -0.1) is 0 Å². The maximum absolute atomic E-state index is 4.52. The molecular formula is C21H18N2S. The Labute approximate surface area is 146 Å². The van der Waals surface area contributed by atoms with E-state index >= 15 is 0 Å². The van der Waals surface area contributed by atoms with Crippen LogP contribution in [0.2, 0.25) is 0 Å². The van der Waals surface area contributed by atoms with Gasteiger partial charge >= 0.3 is 0 Å².